The van der Waals surface area contributed by atoms with E-state index in [1.807, 2.05) is 6.92 Å². The van der Waals surface area contributed by atoms with E-state index in [0.717, 1.165) is 12.8 Å². The van der Waals surface area contributed by atoms with E-state index in [-0.39, 0.29) is 25.9 Å². The van der Waals surface area contributed by atoms with Crippen LogP contribution in [0.5, 0.6) is 0 Å². The Kier molecular flexibility index (Phi) is 6.31. The lowest BCUT2D eigenvalue weighted by atomic mass is 10.2. The van der Waals surface area contributed by atoms with E-state index in [1.54, 1.807) is 7.05 Å². The van der Waals surface area contributed by atoms with Crippen molar-refractivity contribution < 1.29 is 13.2 Å². The fraction of sp³-hybridized carbons (Fsp3) is 0.417. The minimum atomic E-state index is -3.95. The first-order valence-electron chi connectivity index (χ1n) is 5.87. The van der Waals surface area contributed by atoms with Crippen LogP contribution >= 0.6 is 38.2 Å². The van der Waals surface area contributed by atoms with Crippen molar-refractivity contribution in [3.05, 3.63) is 27.2 Å². The molecule has 0 spiro atoms. The molecule has 112 valence electrons. The van der Waals surface area contributed by atoms with Gasteiger partial charge in [0.15, 0.2) is 0 Å². The van der Waals surface area contributed by atoms with Crippen molar-refractivity contribution in [2.24, 2.45) is 0 Å². The van der Waals surface area contributed by atoms with Crippen LogP contribution in [-0.4, -0.2) is 32.8 Å². The Morgan fingerprint density at radius 1 is 1.40 bits per heavy atom. The molecule has 1 rings (SSSR count). The molecule has 0 aromatic heterocycles. The molecule has 0 aliphatic rings. The number of hydrogen-bond acceptors (Lipinski definition) is 3. The molecule has 4 nitrogen and oxygen atoms in total. The first-order chi connectivity index (χ1) is 9.18. The molecule has 0 aliphatic heterocycles. The summed E-state index contributed by atoms with van der Waals surface area (Å²) in [4.78, 5) is 13.6. The van der Waals surface area contributed by atoms with Crippen LogP contribution in [0.3, 0.4) is 0 Å². The SMILES string of the molecule is CCCCN(C)C(=O)c1cc(S(=O)(=O)Cl)c(Br)cc1Cl. The highest BCUT2D eigenvalue weighted by Gasteiger charge is 2.22. The topological polar surface area (TPSA) is 54.5 Å². The van der Waals surface area contributed by atoms with E-state index in [4.69, 9.17) is 22.3 Å². The van der Waals surface area contributed by atoms with Gasteiger partial charge in [-0.25, -0.2) is 8.42 Å². The molecule has 20 heavy (non-hydrogen) atoms. The zero-order valence-electron chi connectivity index (χ0n) is 11.0. The van der Waals surface area contributed by atoms with Crippen LogP contribution < -0.4 is 0 Å². The van der Waals surface area contributed by atoms with Gasteiger partial charge in [-0.3, -0.25) is 4.79 Å². The van der Waals surface area contributed by atoms with Crippen LogP contribution in [0, 0.1) is 0 Å². The van der Waals surface area contributed by atoms with Gasteiger partial charge in [0.05, 0.1) is 15.5 Å². The molecule has 0 unspecified atom stereocenters. The zero-order chi connectivity index (χ0) is 15.5. The van der Waals surface area contributed by atoms with Crippen molar-refractivity contribution >= 4 is 53.2 Å². The second-order valence-electron chi connectivity index (χ2n) is 4.28. The fourth-order valence-electron chi connectivity index (χ4n) is 1.58. The molecule has 0 bridgehead atoms. The molecule has 0 atom stereocenters. The third kappa shape index (κ3) is 4.35. The summed E-state index contributed by atoms with van der Waals surface area (Å²) in [6.45, 7) is 2.59. The van der Waals surface area contributed by atoms with Gasteiger partial charge < -0.3 is 4.90 Å². The molecule has 0 N–H and O–H groups in total. The number of nitrogens with zero attached hydrogens (tertiary/aromatic N) is 1. The van der Waals surface area contributed by atoms with Gasteiger partial charge >= 0.3 is 0 Å². The molecule has 0 saturated heterocycles. The molecule has 1 aromatic rings. The van der Waals surface area contributed by atoms with Gasteiger partial charge in [0.1, 0.15) is 0 Å². The summed E-state index contributed by atoms with van der Waals surface area (Å²) in [5.74, 6) is -0.336. The fourth-order valence-corrected chi connectivity index (χ4v) is 4.15. The van der Waals surface area contributed by atoms with Gasteiger partial charge in [0.2, 0.25) is 0 Å². The molecule has 1 amide bonds. The first kappa shape index (κ1) is 17.8. The summed E-state index contributed by atoms with van der Waals surface area (Å²) in [7, 11) is 3.02. The maximum absolute atomic E-state index is 12.3. The second kappa shape index (κ2) is 7.11. The van der Waals surface area contributed by atoms with E-state index >= 15 is 0 Å². The summed E-state index contributed by atoms with van der Waals surface area (Å²) in [5, 5.41) is 0.175. The van der Waals surface area contributed by atoms with E-state index in [0.29, 0.717) is 6.54 Å². The van der Waals surface area contributed by atoms with Crippen molar-refractivity contribution in [1.29, 1.82) is 0 Å². The smallest absolute Gasteiger partial charge is 0.262 e. The van der Waals surface area contributed by atoms with Crippen molar-refractivity contribution in [2.45, 2.75) is 24.7 Å². The number of hydrogen-bond donors (Lipinski definition) is 0. The summed E-state index contributed by atoms with van der Waals surface area (Å²) in [6.07, 6.45) is 1.81. The lowest BCUT2D eigenvalue weighted by Crippen LogP contribution is -2.28. The normalized spacial score (nSPS) is 11.4. The van der Waals surface area contributed by atoms with E-state index in [9.17, 15) is 13.2 Å². The summed E-state index contributed by atoms with van der Waals surface area (Å²) in [5.41, 5.74) is 0.118. The molecule has 8 heteroatoms. The molecule has 0 radical (unpaired) electrons. The van der Waals surface area contributed by atoms with Crippen LogP contribution in [0.4, 0.5) is 0 Å². The highest BCUT2D eigenvalue weighted by molar-refractivity contribution is 9.10. The Morgan fingerprint density at radius 2 is 2.00 bits per heavy atom. The summed E-state index contributed by atoms with van der Waals surface area (Å²) >= 11 is 9.08. The molecular formula is C12H14BrCl2NO3S. The van der Waals surface area contributed by atoms with Crippen LogP contribution in [0.1, 0.15) is 30.1 Å². The highest BCUT2D eigenvalue weighted by Crippen LogP contribution is 2.31. The third-order valence-corrected chi connectivity index (χ3v) is 5.30. The van der Waals surface area contributed by atoms with E-state index < -0.39 is 9.05 Å². The Labute approximate surface area is 136 Å². The van der Waals surface area contributed by atoms with E-state index in [1.165, 1.54) is 17.0 Å². The van der Waals surface area contributed by atoms with Crippen molar-refractivity contribution in [2.75, 3.05) is 13.6 Å². The predicted octanol–water partition coefficient (Wildman–Crippen LogP) is 3.90. The quantitative estimate of drug-likeness (QED) is 0.701. The monoisotopic (exact) mass is 401 g/mol. The van der Waals surface area contributed by atoms with Crippen LogP contribution in [0.15, 0.2) is 21.5 Å². The maximum atomic E-state index is 12.3. The number of carbonyl (C=O) groups is 1. The van der Waals surface area contributed by atoms with Gasteiger partial charge in [0, 0.05) is 28.7 Å². The van der Waals surface area contributed by atoms with Crippen LogP contribution in [0.25, 0.3) is 0 Å². The Morgan fingerprint density at radius 3 is 2.50 bits per heavy atom. The highest BCUT2D eigenvalue weighted by atomic mass is 79.9. The molecule has 0 saturated carbocycles. The van der Waals surface area contributed by atoms with Crippen molar-refractivity contribution in [3.63, 3.8) is 0 Å². The number of carbonyl (C=O) groups excluding carboxylic acids is 1. The Bertz CT molecular complexity index is 619. The molecule has 1 aromatic carbocycles. The standard InChI is InChI=1S/C12H14BrCl2NO3S/c1-3-4-5-16(2)12(17)8-6-11(20(15,18)19)9(13)7-10(8)14/h6-7H,3-5H2,1-2H3. The minimum Gasteiger partial charge on any atom is -0.342 e. The second-order valence-corrected chi connectivity index (χ2v) is 8.08. The lowest BCUT2D eigenvalue weighted by Gasteiger charge is -2.18. The van der Waals surface area contributed by atoms with Crippen LogP contribution in [-0.2, 0) is 9.05 Å². The van der Waals surface area contributed by atoms with Gasteiger partial charge in [-0.1, -0.05) is 24.9 Å². The van der Waals surface area contributed by atoms with Crippen LogP contribution in [0.2, 0.25) is 5.02 Å². The maximum Gasteiger partial charge on any atom is 0.262 e. The average molecular weight is 403 g/mol. The summed E-state index contributed by atoms with van der Waals surface area (Å²) < 4.78 is 23.1. The summed E-state index contributed by atoms with van der Waals surface area (Å²) in [6, 6.07) is 2.55. The number of benzene rings is 1. The zero-order valence-corrected chi connectivity index (χ0v) is 14.9. The Balaban J connectivity index is 3.22. The third-order valence-electron chi connectivity index (χ3n) is 2.71. The molecule has 0 aliphatic carbocycles. The first-order valence-corrected chi connectivity index (χ1v) is 9.35. The molecule has 0 fully saturated rings. The van der Waals surface area contributed by atoms with Gasteiger partial charge in [-0.2, -0.15) is 0 Å². The lowest BCUT2D eigenvalue weighted by molar-refractivity contribution is 0.0793. The van der Waals surface area contributed by atoms with Gasteiger partial charge in [0.25, 0.3) is 15.0 Å². The van der Waals surface area contributed by atoms with E-state index in [2.05, 4.69) is 15.9 Å². The number of amides is 1. The van der Waals surface area contributed by atoms with Crippen molar-refractivity contribution in [3.8, 4) is 0 Å². The number of unbranched alkanes of at least 4 members (excludes halogenated alkanes) is 1. The molecular weight excluding hydrogens is 389 g/mol. The Hall–Kier alpha value is -0.300. The number of halogens is 3. The molecule has 0 heterocycles. The minimum absolute atomic E-state index is 0.118. The largest absolute Gasteiger partial charge is 0.342 e. The predicted molar refractivity (Wildman–Crippen MR) is 84.1 cm³/mol. The van der Waals surface area contributed by atoms with Crippen molar-refractivity contribution in [1.82, 2.24) is 4.90 Å². The van der Waals surface area contributed by atoms with Gasteiger partial charge in [-0.15, -0.1) is 0 Å². The number of rotatable bonds is 5. The average Bonchev–Trinajstić information content (AvgIpc) is 2.33. The van der Waals surface area contributed by atoms with Gasteiger partial charge in [-0.05, 0) is 34.5 Å².